The Balaban J connectivity index is 2.30. The molecule has 0 N–H and O–H groups in total. The van der Waals surface area contributed by atoms with Crippen molar-refractivity contribution in [2.45, 2.75) is 19.4 Å². The molecule has 0 aromatic carbocycles. The van der Waals surface area contributed by atoms with E-state index < -0.39 is 0 Å². The molecule has 0 radical (unpaired) electrons. The van der Waals surface area contributed by atoms with Crippen LogP contribution in [0.15, 0.2) is 12.2 Å². The van der Waals surface area contributed by atoms with Crippen LogP contribution in [0.2, 0.25) is 0 Å². The second-order valence-corrected chi connectivity index (χ2v) is 4.36. The van der Waals surface area contributed by atoms with Crippen LogP contribution in [0.1, 0.15) is 13.8 Å². The molecule has 0 aromatic rings. The molecule has 0 aromatic heterocycles. The Morgan fingerprint density at radius 2 is 2.23 bits per heavy atom. The van der Waals surface area contributed by atoms with Crippen LogP contribution in [0, 0.1) is 0 Å². The molecule has 76 valence electrons. The fraction of sp³-hybridized carbons (Fsp3) is 0.800. The molecule has 0 spiro atoms. The predicted molar refractivity (Wildman–Crippen MR) is 59.5 cm³/mol. The number of morpholine rings is 1. The van der Waals surface area contributed by atoms with E-state index in [9.17, 15) is 0 Å². The Kier molecular flexibility index (Phi) is 4.29. The Morgan fingerprint density at radius 3 is 2.85 bits per heavy atom. The van der Waals surface area contributed by atoms with Crippen molar-refractivity contribution in [3.05, 3.63) is 12.2 Å². The van der Waals surface area contributed by atoms with Crippen LogP contribution in [0.25, 0.3) is 0 Å². The zero-order chi connectivity index (χ0) is 9.73. The summed E-state index contributed by atoms with van der Waals surface area (Å²) in [6, 6.07) is 0. The van der Waals surface area contributed by atoms with Crippen LogP contribution in [-0.4, -0.2) is 42.5 Å². The Morgan fingerprint density at radius 1 is 1.46 bits per heavy atom. The first-order valence-corrected chi connectivity index (χ1v) is 5.39. The monoisotopic (exact) mass is 201 g/mol. The summed E-state index contributed by atoms with van der Waals surface area (Å²) in [6.45, 7) is 8.21. The third-order valence-electron chi connectivity index (χ3n) is 2.14. The molecule has 2 nitrogen and oxygen atoms in total. The quantitative estimate of drug-likeness (QED) is 0.550. The topological polar surface area (TPSA) is 12.5 Å². The molecule has 13 heavy (non-hydrogen) atoms. The van der Waals surface area contributed by atoms with Gasteiger partial charge in [0.25, 0.3) is 0 Å². The van der Waals surface area contributed by atoms with Gasteiger partial charge in [0.1, 0.15) is 0 Å². The van der Waals surface area contributed by atoms with Crippen molar-refractivity contribution in [2.24, 2.45) is 0 Å². The molecule has 1 fully saturated rings. The average molecular weight is 201 g/mol. The van der Waals surface area contributed by atoms with Crippen LogP contribution in [-0.2, 0) is 4.74 Å². The minimum atomic E-state index is 0.0209. The van der Waals surface area contributed by atoms with E-state index in [1.165, 1.54) is 0 Å². The highest BCUT2D eigenvalue weighted by molar-refractivity contribution is 7.80. The maximum atomic E-state index is 5.62. The first-order chi connectivity index (χ1) is 6.14. The minimum Gasteiger partial charge on any atom is -0.373 e. The molecule has 3 heteroatoms. The highest BCUT2D eigenvalue weighted by atomic mass is 32.1. The lowest BCUT2D eigenvalue weighted by atomic mass is 10.1. The van der Waals surface area contributed by atoms with Gasteiger partial charge in [-0.25, -0.2) is 0 Å². The van der Waals surface area contributed by atoms with Gasteiger partial charge in [-0.05, 0) is 13.8 Å². The van der Waals surface area contributed by atoms with Crippen LogP contribution >= 0.6 is 12.6 Å². The SMILES string of the molecule is CC1(C)CN(CC=CCS)CCO1. The van der Waals surface area contributed by atoms with E-state index in [0.717, 1.165) is 32.0 Å². The molecular formula is C10H19NOS. The van der Waals surface area contributed by atoms with Gasteiger partial charge in [-0.15, -0.1) is 0 Å². The zero-order valence-corrected chi connectivity index (χ0v) is 9.39. The van der Waals surface area contributed by atoms with E-state index in [1.54, 1.807) is 0 Å². The number of rotatable bonds is 3. The lowest BCUT2D eigenvalue weighted by Gasteiger charge is -2.37. The largest absolute Gasteiger partial charge is 0.373 e. The summed E-state index contributed by atoms with van der Waals surface area (Å²) in [6.07, 6.45) is 4.26. The third kappa shape index (κ3) is 4.16. The minimum absolute atomic E-state index is 0.0209. The molecule has 1 saturated heterocycles. The standard InChI is InChI=1S/C10H19NOS/c1-10(2)9-11(6-7-12-10)5-3-4-8-13/h3-4,13H,5-9H2,1-2H3. The molecule has 0 amide bonds. The average Bonchev–Trinajstić information content (AvgIpc) is 2.03. The Labute approximate surface area is 86.4 Å². The fourth-order valence-electron chi connectivity index (χ4n) is 1.57. The Hall–Kier alpha value is 0.01000. The molecule has 1 heterocycles. The maximum Gasteiger partial charge on any atom is 0.0753 e. The van der Waals surface area contributed by atoms with E-state index in [2.05, 4.69) is 43.5 Å². The van der Waals surface area contributed by atoms with Crippen molar-refractivity contribution >= 4 is 12.6 Å². The molecular weight excluding hydrogens is 182 g/mol. The van der Waals surface area contributed by atoms with Crippen LogP contribution in [0.5, 0.6) is 0 Å². The van der Waals surface area contributed by atoms with Gasteiger partial charge in [0.15, 0.2) is 0 Å². The summed E-state index contributed by atoms with van der Waals surface area (Å²) in [7, 11) is 0. The van der Waals surface area contributed by atoms with Crippen molar-refractivity contribution in [1.29, 1.82) is 0 Å². The number of ether oxygens (including phenoxy) is 1. The molecule has 1 aliphatic rings. The lowest BCUT2D eigenvalue weighted by molar-refractivity contribution is -0.0829. The number of nitrogens with zero attached hydrogens (tertiary/aromatic N) is 1. The summed E-state index contributed by atoms with van der Waals surface area (Å²) in [5.41, 5.74) is 0.0209. The van der Waals surface area contributed by atoms with E-state index in [-0.39, 0.29) is 5.60 Å². The molecule has 0 aliphatic carbocycles. The van der Waals surface area contributed by atoms with Gasteiger partial charge in [0.2, 0.25) is 0 Å². The molecule has 1 aliphatic heterocycles. The van der Waals surface area contributed by atoms with Gasteiger partial charge < -0.3 is 4.74 Å². The third-order valence-corrected chi connectivity index (χ3v) is 2.35. The first-order valence-electron chi connectivity index (χ1n) is 4.76. The van der Waals surface area contributed by atoms with Crippen molar-refractivity contribution < 1.29 is 4.74 Å². The van der Waals surface area contributed by atoms with Crippen molar-refractivity contribution in [1.82, 2.24) is 4.90 Å². The summed E-state index contributed by atoms with van der Waals surface area (Å²) in [5, 5.41) is 0. The Bertz CT molecular complexity index is 180. The second kappa shape index (κ2) is 5.03. The van der Waals surface area contributed by atoms with Gasteiger partial charge in [0.05, 0.1) is 12.2 Å². The van der Waals surface area contributed by atoms with Gasteiger partial charge in [-0.3, -0.25) is 4.90 Å². The highest BCUT2D eigenvalue weighted by Crippen LogP contribution is 2.15. The van der Waals surface area contributed by atoms with Gasteiger partial charge >= 0.3 is 0 Å². The fourth-order valence-corrected chi connectivity index (χ4v) is 1.72. The van der Waals surface area contributed by atoms with E-state index >= 15 is 0 Å². The van der Waals surface area contributed by atoms with Gasteiger partial charge in [-0.1, -0.05) is 12.2 Å². The summed E-state index contributed by atoms with van der Waals surface area (Å²) in [5.74, 6) is 0.827. The maximum absolute atomic E-state index is 5.62. The summed E-state index contributed by atoms with van der Waals surface area (Å²) < 4.78 is 5.62. The molecule has 0 unspecified atom stereocenters. The lowest BCUT2D eigenvalue weighted by Crippen LogP contribution is -2.48. The number of thiol groups is 1. The van der Waals surface area contributed by atoms with Gasteiger partial charge in [0, 0.05) is 25.4 Å². The number of hydrogen-bond acceptors (Lipinski definition) is 3. The van der Waals surface area contributed by atoms with Crippen molar-refractivity contribution in [3.8, 4) is 0 Å². The normalized spacial score (nSPS) is 23.9. The van der Waals surface area contributed by atoms with E-state index in [4.69, 9.17) is 4.74 Å². The molecule has 0 bridgehead atoms. The second-order valence-electron chi connectivity index (χ2n) is 4.00. The van der Waals surface area contributed by atoms with Gasteiger partial charge in [-0.2, -0.15) is 12.6 Å². The van der Waals surface area contributed by atoms with E-state index in [1.807, 2.05) is 0 Å². The smallest absolute Gasteiger partial charge is 0.0753 e. The highest BCUT2D eigenvalue weighted by Gasteiger charge is 2.25. The first kappa shape index (κ1) is 11.1. The van der Waals surface area contributed by atoms with Crippen molar-refractivity contribution in [3.63, 3.8) is 0 Å². The predicted octanol–water partition coefficient (Wildman–Crippen LogP) is 1.58. The molecule has 1 rings (SSSR count). The van der Waals surface area contributed by atoms with Crippen LogP contribution in [0.4, 0.5) is 0 Å². The summed E-state index contributed by atoms with van der Waals surface area (Å²) >= 11 is 4.12. The molecule has 0 atom stereocenters. The van der Waals surface area contributed by atoms with E-state index in [0.29, 0.717) is 0 Å². The van der Waals surface area contributed by atoms with Crippen LogP contribution < -0.4 is 0 Å². The number of hydrogen-bond donors (Lipinski definition) is 1. The van der Waals surface area contributed by atoms with Crippen molar-refractivity contribution in [2.75, 3.05) is 32.0 Å². The summed E-state index contributed by atoms with van der Waals surface area (Å²) in [4.78, 5) is 2.41. The van der Waals surface area contributed by atoms with Crippen LogP contribution in [0.3, 0.4) is 0 Å². The zero-order valence-electron chi connectivity index (χ0n) is 8.49. The molecule has 0 saturated carbocycles.